The van der Waals surface area contributed by atoms with E-state index in [2.05, 4.69) is 44.4 Å². The van der Waals surface area contributed by atoms with Gasteiger partial charge in [0.25, 0.3) is 0 Å². The minimum absolute atomic E-state index is 0.510. The van der Waals surface area contributed by atoms with Crippen molar-refractivity contribution in [2.24, 2.45) is 10.8 Å². The van der Waals surface area contributed by atoms with Crippen molar-refractivity contribution >= 4 is 0 Å². The molecule has 0 bridgehead atoms. The van der Waals surface area contributed by atoms with E-state index in [0.717, 1.165) is 18.1 Å². The molecule has 0 N–H and O–H groups in total. The molecular weight excluding hydrogens is 256 g/mol. The van der Waals surface area contributed by atoms with Crippen LogP contribution in [-0.4, -0.2) is 47.6 Å². The molecule has 2 unspecified atom stereocenters. The fourth-order valence-corrected chi connectivity index (χ4v) is 5.91. The summed E-state index contributed by atoms with van der Waals surface area (Å²) in [5.74, 6) is 0. The molecule has 2 nitrogen and oxygen atoms in total. The average molecular weight is 293 g/mol. The number of piperidine rings is 1. The van der Waals surface area contributed by atoms with Crippen molar-refractivity contribution in [3.8, 4) is 0 Å². The summed E-state index contributed by atoms with van der Waals surface area (Å²) in [4.78, 5) is 5.68. The Morgan fingerprint density at radius 1 is 0.857 bits per heavy atom. The van der Waals surface area contributed by atoms with Gasteiger partial charge in [-0.15, -0.1) is 0 Å². The molecule has 1 aliphatic carbocycles. The first kappa shape index (κ1) is 15.8. The number of rotatable bonds is 1. The van der Waals surface area contributed by atoms with E-state index in [9.17, 15) is 0 Å². The zero-order valence-corrected chi connectivity index (χ0v) is 15.0. The molecule has 0 aromatic carbocycles. The van der Waals surface area contributed by atoms with Crippen molar-refractivity contribution in [1.29, 1.82) is 0 Å². The van der Waals surface area contributed by atoms with Gasteiger partial charge in [-0.05, 0) is 56.4 Å². The monoisotopic (exact) mass is 292 g/mol. The molecule has 1 saturated carbocycles. The molecule has 2 aliphatic heterocycles. The van der Waals surface area contributed by atoms with Crippen LogP contribution in [0.3, 0.4) is 0 Å². The maximum atomic E-state index is 2.90. The standard InChI is InChI=1S/C19H36N2/c1-15-12-20-9-7-6-8-16(20)13-21(15)17-10-18(2,3)14-19(4,5)11-17/h15-17H,6-14H2,1-5H3. The van der Waals surface area contributed by atoms with Gasteiger partial charge < -0.3 is 0 Å². The molecule has 2 saturated heterocycles. The van der Waals surface area contributed by atoms with E-state index >= 15 is 0 Å². The molecule has 0 aromatic rings. The van der Waals surface area contributed by atoms with E-state index in [1.54, 1.807) is 0 Å². The lowest BCUT2D eigenvalue weighted by molar-refractivity contribution is -0.0502. The summed E-state index contributed by atoms with van der Waals surface area (Å²) >= 11 is 0. The van der Waals surface area contributed by atoms with Crippen molar-refractivity contribution in [2.45, 2.75) is 91.3 Å². The van der Waals surface area contributed by atoms with Crippen LogP contribution in [0.4, 0.5) is 0 Å². The van der Waals surface area contributed by atoms with Gasteiger partial charge in [-0.25, -0.2) is 0 Å². The van der Waals surface area contributed by atoms with Crippen molar-refractivity contribution in [3.63, 3.8) is 0 Å². The van der Waals surface area contributed by atoms with Gasteiger partial charge in [0.05, 0.1) is 0 Å². The minimum Gasteiger partial charge on any atom is -0.298 e. The van der Waals surface area contributed by atoms with Crippen LogP contribution < -0.4 is 0 Å². The smallest absolute Gasteiger partial charge is 0.0224 e. The highest BCUT2D eigenvalue weighted by molar-refractivity contribution is 4.98. The van der Waals surface area contributed by atoms with Gasteiger partial charge in [-0.3, -0.25) is 9.80 Å². The third kappa shape index (κ3) is 3.47. The molecule has 0 spiro atoms. The van der Waals surface area contributed by atoms with Crippen LogP contribution in [0.15, 0.2) is 0 Å². The zero-order chi connectivity index (χ0) is 15.3. The van der Waals surface area contributed by atoms with Crippen molar-refractivity contribution in [1.82, 2.24) is 9.80 Å². The van der Waals surface area contributed by atoms with Gasteiger partial charge in [-0.1, -0.05) is 34.1 Å². The highest BCUT2D eigenvalue weighted by atomic mass is 15.3. The summed E-state index contributed by atoms with van der Waals surface area (Å²) in [5.41, 5.74) is 1.02. The first-order valence-electron chi connectivity index (χ1n) is 9.26. The molecule has 2 heterocycles. The quantitative estimate of drug-likeness (QED) is 0.716. The van der Waals surface area contributed by atoms with Crippen LogP contribution in [0.5, 0.6) is 0 Å². The van der Waals surface area contributed by atoms with E-state index < -0.39 is 0 Å². The Morgan fingerprint density at radius 3 is 2.19 bits per heavy atom. The lowest BCUT2D eigenvalue weighted by Gasteiger charge is -2.55. The van der Waals surface area contributed by atoms with E-state index in [4.69, 9.17) is 0 Å². The van der Waals surface area contributed by atoms with Crippen LogP contribution in [0.25, 0.3) is 0 Å². The Bertz CT molecular complexity index is 358. The summed E-state index contributed by atoms with van der Waals surface area (Å²) in [6, 6.07) is 2.40. The Hall–Kier alpha value is -0.0800. The maximum absolute atomic E-state index is 2.90. The van der Waals surface area contributed by atoms with Crippen molar-refractivity contribution in [3.05, 3.63) is 0 Å². The number of piperazine rings is 1. The van der Waals surface area contributed by atoms with Crippen LogP contribution in [-0.2, 0) is 0 Å². The van der Waals surface area contributed by atoms with Crippen LogP contribution in [0.2, 0.25) is 0 Å². The number of hydrogen-bond acceptors (Lipinski definition) is 2. The fraction of sp³-hybridized carbons (Fsp3) is 1.00. The van der Waals surface area contributed by atoms with Gasteiger partial charge >= 0.3 is 0 Å². The summed E-state index contributed by atoms with van der Waals surface area (Å²) in [6.07, 6.45) is 8.48. The highest BCUT2D eigenvalue weighted by Crippen LogP contribution is 2.48. The van der Waals surface area contributed by atoms with Crippen LogP contribution in [0.1, 0.15) is 73.1 Å². The first-order chi connectivity index (χ1) is 9.76. The molecule has 0 aromatic heterocycles. The lowest BCUT2D eigenvalue weighted by atomic mass is 9.63. The maximum Gasteiger partial charge on any atom is 0.0224 e. The third-order valence-electron chi connectivity index (χ3n) is 6.24. The topological polar surface area (TPSA) is 6.48 Å². The Labute approximate surface area is 132 Å². The second-order valence-electron chi connectivity index (χ2n) is 9.76. The molecule has 122 valence electrons. The molecular formula is C19H36N2. The summed E-state index contributed by atoms with van der Waals surface area (Å²) < 4.78 is 0. The van der Waals surface area contributed by atoms with Crippen LogP contribution >= 0.6 is 0 Å². The average Bonchev–Trinajstić information content (AvgIpc) is 2.34. The number of nitrogens with zero attached hydrogens (tertiary/aromatic N) is 2. The summed E-state index contributed by atoms with van der Waals surface area (Å²) in [6.45, 7) is 16.4. The largest absolute Gasteiger partial charge is 0.298 e. The van der Waals surface area contributed by atoms with Crippen molar-refractivity contribution < 1.29 is 0 Å². The molecule has 21 heavy (non-hydrogen) atoms. The van der Waals surface area contributed by atoms with Crippen LogP contribution in [0, 0.1) is 10.8 Å². The van der Waals surface area contributed by atoms with Gasteiger partial charge in [0.15, 0.2) is 0 Å². The van der Waals surface area contributed by atoms with E-state index in [1.165, 1.54) is 58.2 Å². The second kappa shape index (κ2) is 5.53. The minimum atomic E-state index is 0.510. The second-order valence-corrected chi connectivity index (χ2v) is 9.76. The van der Waals surface area contributed by atoms with Gasteiger partial charge in [-0.2, -0.15) is 0 Å². The predicted molar refractivity (Wildman–Crippen MR) is 90.6 cm³/mol. The van der Waals surface area contributed by atoms with E-state index in [0.29, 0.717) is 10.8 Å². The molecule has 3 fully saturated rings. The van der Waals surface area contributed by atoms with Crippen molar-refractivity contribution in [2.75, 3.05) is 19.6 Å². The fourth-order valence-electron chi connectivity index (χ4n) is 5.91. The van der Waals surface area contributed by atoms with Gasteiger partial charge in [0, 0.05) is 31.2 Å². The Balaban J connectivity index is 1.73. The molecule has 2 atom stereocenters. The molecule has 3 aliphatic rings. The summed E-state index contributed by atoms with van der Waals surface area (Å²) in [5, 5.41) is 0. The molecule has 0 amide bonds. The van der Waals surface area contributed by atoms with E-state index in [-0.39, 0.29) is 0 Å². The molecule has 0 radical (unpaired) electrons. The molecule has 3 rings (SSSR count). The SMILES string of the molecule is CC1CN2CCCCC2CN1C1CC(C)(C)CC(C)(C)C1. The first-order valence-corrected chi connectivity index (χ1v) is 9.26. The zero-order valence-electron chi connectivity index (χ0n) is 15.0. The number of fused-ring (bicyclic) bond motifs is 1. The highest BCUT2D eigenvalue weighted by Gasteiger charge is 2.44. The number of hydrogen-bond donors (Lipinski definition) is 0. The van der Waals surface area contributed by atoms with Gasteiger partial charge in [0.1, 0.15) is 0 Å². The Kier molecular flexibility index (Phi) is 4.16. The lowest BCUT2D eigenvalue weighted by Crippen LogP contribution is -2.62. The summed E-state index contributed by atoms with van der Waals surface area (Å²) in [7, 11) is 0. The molecule has 2 heteroatoms. The predicted octanol–water partition coefficient (Wildman–Crippen LogP) is 4.15. The Morgan fingerprint density at radius 2 is 1.52 bits per heavy atom. The normalized spacial score (nSPS) is 38.1. The van der Waals surface area contributed by atoms with E-state index in [1.807, 2.05) is 0 Å². The third-order valence-corrected chi connectivity index (χ3v) is 6.24. The van der Waals surface area contributed by atoms with Gasteiger partial charge in [0.2, 0.25) is 0 Å².